The van der Waals surface area contributed by atoms with Crippen molar-refractivity contribution in [1.29, 1.82) is 0 Å². The number of rotatable bonds is 4. The molecule has 2 amide bonds. The van der Waals surface area contributed by atoms with Crippen molar-refractivity contribution in [2.45, 2.75) is 50.6 Å². The standard InChI is InChI=1S/C19H21FN4O2/c20-15-7-6-11(9-14(15)18(25)22-12-3-1-4-12)10-16-17-13(5-2-8-21-17)19(26)24-23-16/h6-7,9,12,16,21H,1-5,8,10H2,(H,22,25). The second kappa shape index (κ2) is 6.97. The molecule has 2 aliphatic heterocycles. The third kappa shape index (κ3) is 3.25. The topological polar surface area (TPSA) is 82.9 Å². The van der Waals surface area contributed by atoms with E-state index in [1.54, 1.807) is 12.1 Å². The van der Waals surface area contributed by atoms with Gasteiger partial charge in [-0.05, 0) is 49.8 Å². The number of hydrogen-bond acceptors (Lipinski definition) is 4. The van der Waals surface area contributed by atoms with Crippen LogP contribution in [0.5, 0.6) is 0 Å². The van der Waals surface area contributed by atoms with Crippen molar-refractivity contribution >= 4 is 11.8 Å². The number of azo groups is 1. The average Bonchev–Trinajstić information content (AvgIpc) is 2.62. The molecule has 1 fully saturated rings. The monoisotopic (exact) mass is 356 g/mol. The molecule has 136 valence electrons. The van der Waals surface area contributed by atoms with E-state index >= 15 is 0 Å². The summed E-state index contributed by atoms with van der Waals surface area (Å²) in [5.74, 6) is -1.17. The summed E-state index contributed by atoms with van der Waals surface area (Å²) in [5, 5.41) is 14.0. The fourth-order valence-electron chi connectivity index (χ4n) is 3.57. The predicted octanol–water partition coefficient (Wildman–Crippen LogP) is 2.65. The zero-order chi connectivity index (χ0) is 18.1. The van der Waals surface area contributed by atoms with Gasteiger partial charge in [-0.15, -0.1) is 5.11 Å². The molecule has 4 rings (SSSR count). The van der Waals surface area contributed by atoms with Crippen LogP contribution in [-0.4, -0.2) is 30.4 Å². The summed E-state index contributed by atoms with van der Waals surface area (Å²) in [7, 11) is 0. The molecule has 7 heteroatoms. The van der Waals surface area contributed by atoms with E-state index < -0.39 is 5.82 Å². The zero-order valence-electron chi connectivity index (χ0n) is 14.4. The summed E-state index contributed by atoms with van der Waals surface area (Å²) in [5.41, 5.74) is 2.37. The third-order valence-electron chi connectivity index (χ3n) is 5.27. The van der Waals surface area contributed by atoms with Crippen molar-refractivity contribution < 1.29 is 14.0 Å². The fourth-order valence-corrected chi connectivity index (χ4v) is 3.57. The van der Waals surface area contributed by atoms with Crippen molar-refractivity contribution in [3.05, 3.63) is 46.4 Å². The molecule has 2 N–H and O–H groups in total. The van der Waals surface area contributed by atoms with Crippen molar-refractivity contribution in [3.63, 3.8) is 0 Å². The first kappa shape index (κ1) is 16.9. The highest BCUT2D eigenvalue weighted by molar-refractivity contribution is 5.96. The van der Waals surface area contributed by atoms with Crippen LogP contribution in [0.25, 0.3) is 0 Å². The molecule has 1 unspecified atom stereocenters. The minimum absolute atomic E-state index is 0.0593. The second-order valence-electron chi connectivity index (χ2n) is 7.08. The molecule has 2 heterocycles. The van der Waals surface area contributed by atoms with E-state index in [1.165, 1.54) is 6.07 Å². The van der Waals surface area contributed by atoms with Gasteiger partial charge in [-0.25, -0.2) is 4.39 Å². The number of nitrogens with one attached hydrogen (secondary N) is 2. The Morgan fingerprint density at radius 1 is 1.31 bits per heavy atom. The Bertz CT molecular complexity index is 814. The summed E-state index contributed by atoms with van der Waals surface area (Å²) in [6.45, 7) is 0.802. The molecule has 26 heavy (non-hydrogen) atoms. The van der Waals surface area contributed by atoms with E-state index in [0.717, 1.165) is 43.5 Å². The lowest BCUT2D eigenvalue weighted by molar-refractivity contribution is -0.115. The van der Waals surface area contributed by atoms with Crippen LogP contribution in [0, 0.1) is 5.82 Å². The van der Waals surface area contributed by atoms with Crippen molar-refractivity contribution in [3.8, 4) is 0 Å². The van der Waals surface area contributed by atoms with Gasteiger partial charge in [0.05, 0.1) is 5.56 Å². The van der Waals surface area contributed by atoms with E-state index in [0.29, 0.717) is 18.4 Å². The maximum absolute atomic E-state index is 14.1. The first-order chi connectivity index (χ1) is 12.6. The van der Waals surface area contributed by atoms with Gasteiger partial charge in [-0.1, -0.05) is 6.07 Å². The zero-order valence-corrected chi connectivity index (χ0v) is 14.4. The molecule has 1 aromatic carbocycles. The Morgan fingerprint density at radius 2 is 2.15 bits per heavy atom. The van der Waals surface area contributed by atoms with Crippen LogP contribution in [0.2, 0.25) is 0 Å². The quantitative estimate of drug-likeness (QED) is 0.870. The maximum atomic E-state index is 14.1. The van der Waals surface area contributed by atoms with Crippen molar-refractivity contribution in [2.24, 2.45) is 10.2 Å². The van der Waals surface area contributed by atoms with Gasteiger partial charge in [-0.2, -0.15) is 5.11 Å². The Balaban J connectivity index is 1.54. The molecule has 0 saturated heterocycles. The molecule has 1 aliphatic carbocycles. The van der Waals surface area contributed by atoms with Crippen LogP contribution in [0.15, 0.2) is 39.7 Å². The van der Waals surface area contributed by atoms with E-state index in [-0.39, 0.29) is 29.5 Å². The molecule has 0 aromatic heterocycles. The first-order valence-electron chi connectivity index (χ1n) is 9.13. The van der Waals surface area contributed by atoms with Crippen LogP contribution in [0.3, 0.4) is 0 Å². The summed E-state index contributed by atoms with van der Waals surface area (Å²) in [6.07, 6.45) is 5.07. The van der Waals surface area contributed by atoms with Crippen LogP contribution >= 0.6 is 0 Å². The lowest BCUT2D eigenvalue weighted by atomic mass is 9.92. The molecule has 0 bridgehead atoms. The van der Waals surface area contributed by atoms with Gasteiger partial charge in [0.15, 0.2) is 0 Å². The minimum Gasteiger partial charge on any atom is -0.386 e. The number of carbonyl (C=O) groups excluding carboxylic acids is 2. The molecule has 6 nitrogen and oxygen atoms in total. The Morgan fingerprint density at radius 3 is 2.92 bits per heavy atom. The van der Waals surface area contributed by atoms with Crippen LogP contribution in [0.1, 0.15) is 48.0 Å². The van der Waals surface area contributed by atoms with Gasteiger partial charge in [0.25, 0.3) is 11.8 Å². The lowest BCUT2D eigenvalue weighted by Gasteiger charge is -2.27. The minimum atomic E-state index is -0.526. The summed E-state index contributed by atoms with van der Waals surface area (Å²) < 4.78 is 14.1. The fraction of sp³-hybridized carbons (Fsp3) is 0.474. The normalized spacial score (nSPS) is 22.5. The van der Waals surface area contributed by atoms with E-state index in [1.807, 2.05) is 0 Å². The van der Waals surface area contributed by atoms with E-state index in [4.69, 9.17) is 0 Å². The first-order valence-corrected chi connectivity index (χ1v) is 9.13. The Hall–Kier alpha value is -2.57. The highest BCUT2D eigenvalue weighted by Crippen LogP contribution is 2.27. The van der Waals surface area contributed by atoms with Crippen LogP contribution in [0.4, 0.5) is 4.39 Å². The number of halogens is 1. The smallest absolute Gasteiger partial charge is 0.292 e. The number of amides is 2. The molecule has 1 aromatic rings. The number of hydrogen-bond donors (Lipinski definition) is 2. The molecule has 0 spiro atoms. The summed E-state index contributed by atoms with van der Waals surface area (Å²) >= 11 is 0. The van der Waals surface area contributed by atoms with Gasteiger partial charge < -0.3 is 10.6 Å². The number of carbonyl (C=O) groups is 2. The largest absolute Gasteiger partial charge is 0.386 e. The average molecular weight is 356 g/mol. The van der Waals surface area contributed by atoms with Gasteiger partial charge in [-0.3, -0.25) is 9.59 Å². The highest BCUT2D eigenvalue weighted by atomic mass is 19.1. The van der Waals surface area contributed by atoms with Gasteiger partial charge in [0.2, 0.25) is 0 Å². The van der Waals surface area contributed by atoms with Crippen LogP contribution in [-0.2, 0) is 11.2 Å². The SMILES string of the molecule is O=C1N=NC(Cc2ccc(F)c(C(=O)NC3CCC3)c2)C2=C1CCCN2. The third-order valence-corrected chi connectivity index (χ3v) is 5.27. The lowest BCUT2D eigenvalue weighted by Crippen LogP contribution is -2.39. The molecular weight excluding hydrogens is 335 g/mol. The molecule has 3 aliphatic rings. The Kier molecular flexibility index (Phi) is 4.53. The molecule has 1 saturated carbocycles. The number of benzene rings is 1. The van der Waals surface area contributed by atoms with Gasteiger partial charge in [0.1, 0.15) is 11.9 Å². The highest BCUT2D eigenvalue weighted by Gasteiger charge is 2.29. The van der Waals surface area contributed by atoms with Crippen molar-refractivity contribution in [1.82, 2.24) is 10.6 Å². The summed E-state index contributed by atoms with van der Waals surface area (Å²) in [4.78, 5) is 24.2. The van der Waals surface area contributed by atoms with Gasteiger partial charge in [0, 0.05) is 30.3 Å². The molecular formula is C19H21FN4O2. The Labute approximate surface area is 151 Å². The predicted molar refractivity (Wildman–Crippen MR) is 93.1 cm³/mol. The van der Waals surface area contributed by atoms with Crippen LogP contribution < -0.4 is 10.6 Å². The molecule has 0 radical (unpaired) electrons. The number of nitrogens with zero attached hydrogens (tertiary/aromatic N) is 2. The summed E-state index contributed by atoms with van der Waals surface area (Å²) in [6, 6.07) is 4.42. The second-order valence-corrected chi connectivity index (χ2v) is 7.08. The maximum Gasteiger partial charge on any atom is 0.292 e. The van der Waals surface area contributed by atoms with Gasteiger partial charge >= 0.3 is 0 Å². The molecule has 1 atom stereocenters. The van der Waals surface area contributed by atoms with Crippen molar-refractivity contribution in [2.75, 3.05) is 6.54 Å². The van der Waals surface area contributed by atoms with E-state index in [2.05, 4.69) is 20.9 Å². The van der Waals surface area contributed by atoms with E-state index in [9.17, 15) is 14.0 Å².